The Labute approximate surface area is 80.4 Å². The summed E-state index contributed by atoms with van der Waals surface area (Å²) in [5, 5.41) is 0. The van der Waals surface area contributed by atoms with Gasteiger partial charge in [0, 0.05) is 5.56 Å². The van der Waals surface area contributed by atoms with Crippen LogP contribution in [0.3, 0.4) is 0 Å². The van der Waals surface area contributed by atoms with Crippen molar-refractivity contribution in [1.29, 1.82) is 0 Å². The summed E-state index contributed by atoms with van der Waals surface area (Å²) in [6, 6.07) is 10.3. The molecular formula is C11H6N2O. The fraction of sp³-hybridized carbons (Fsp3) is 0. The summed E-state index contributed by atoms with van der Waals surface area (Å²) in [5.74, 6) is 0.774. The van der Waals surface area contributed by atoms with Crippen LogP contribution >= 0.6 is 0 Å². The largest absolute Gasteiger partial charge is 0.453 e. The third kappa shape index (κ3) is 0.956. The lowest BCUT2D eigenvalue weighted by atomic mass is 10.1. The van der Waals surface area contributed by atoms with Gasteiger partial charge in [-0.1, -0.05) is 0 Å². The van der Waals surface area contributed by atoms with Gasteiger partial charge in [-0.15, -0.1) is 0 Å². The summed E-state index contributed by atoms with van der Waals surface area (Å²) >= 11 is 0. The number of rotatable bonds is 1. The van der Waals surface area contributed by atoms with E-state index in [0.29, 0.717) is 0 Å². The van der Waals surface area contributed by atoms with Gasteiger partial charge in [0.25, 0.3) is 0 Å². The summed E-state index contributed by atoms with van der Waals surface area (Å²) in [7, 11) is 0. The van der Waals surface area contributed by atoms with Crippen LogP contribution in [0.15, 0.2) is 35.0 Å². The van der Waals surface area contributed by atoms with Crippen LogP contribution in [0.5, 0.6) is 0 Å². The summed E-state index contributed by atoms with van der Waals surface area (Å²) in [6.07, 6.45) is 4.32. The van der Waals surface area contributed by atoms with Crippen LogP contribution in [-0.2, 0) is 0 Å². The number of furan rings is 1. The second-order valence-corrected chi connectivity index (χ2v) is 2.95. The van der Waals surface area contributed by atoms with Crippen LogP contribution in [0, 0.1) is 12.3 Å². The van der Waals surface area contributed by atoms with Crippen molar-refractivity contribution < 1.29 is 4.42 Å². The SMILES string of the molecule is [c]1cc(-c2cc[c]o2)c2[nH]cnc2c1. The molecular weight excluding hydrogens is 176 g/mol. The lowest BCUT2D eigenvalue weighted by Gasteiger charge is -1.96. The van der Waals surface area contributed by atoms with E-state index in [1.54, 1.807) is 12.4 Å². The molecule has 2 aromatic heterocycles. The van der Waals surface area contributed by atoms with Gasteiger partial charge in [0.2, 0.25) is 0 Å². The molecule has 0 saturated carbocycles. The first-order chi connectivity index (χ1) is 6.95. The molecule has 1 N–H and O–H groups in total. The Hall–Kier alpha value is -2.03. The Morgan fingerprint density at radius 2 is 2.36 bits per heavy atom. The zero-order chi connectivity index (χ0) is 9.38. The standard InChI is InChI=1S/C11H6N2O/c1-3-8(10-5-2-6-14-10)11-9(4-1)12-7-13-11/h2-5,7H,(H,12,13). The van der Waals surface area contributed by atoms with E-state index in [9.17, 15) is 0 Å². The predicted molar refractivity (Wildman–Crippen MR) is 51.5 cm³/mol. The second kappa shape index (κ2) is 2.73. The number of benzene rings is 1. The van der Waals surface area contributed by atoms with Crippen LogP contribution < -0.4 is 0 Å². The molecule has 0 aliphatic rings. The quantitative estimate of drug-likeness (QED) is 0.628. The molecule has 14 heavy (non-hydrogen) atoms. The maximum Gasteiger partial charge on any atom is 0.170 e. The smallest absolute Gasteiger partial charge is 0.170 e. The molecule has 0 atom stereocenters. The average molecular weight is 182 g/mol. The van der Waals surface area contributed by atoms with Crippen molar-refractivity contribution in [3.8, 4) is 11.3 Å². The lowest BCUT2D eigenvalue weighted by Crippen LogP contribution is -1.77. The highest BCUT2D eigenvalue weighted by molar-refractivity contribution is 5.89. The predicted octanol–water partition coefficient (Wildman–Crippen LogP) is 2.42. The first-order valence-electron chi connectivity index (χ1n) is 4.24. The van der Waals surface area contributed by atoms with Crippen molar-refractivity contribution in [2.24, 2.45) is 0 Å². The van der Waals surface area contributed by atoms with E-state index in [1.807, 2.05) is 18.2 Å². The average Bonchev–Trinajstić information content (AvgIpc) is 2.88. The van der Waals surface area contributed by atoms with Crippen LogP contribution in [0.2, 0.25) is 0 Å². The highest BCUT2D eigenvalue weighted by atomic mass is 16.3. The molecule has 0 bridgehead atoms. The van der Waals surface area contributed by atoms with Gasteiger partial charge in [-0.3, -0.25) is 0 Å². The fourth-order valence-electron chi connectivity index (χ4n) is 1.49. The number of nitrogens with one attached hydrogen (secondary N) is 1. The molecule has 66 valence electrons. The number of H-pyrrole nitrogens is 1. The molecule has 0 aliphatic heterocycles. The van der Waals surface area contributed by atoms with Crippen LogP contribution in [-0.4, -0.2) is 9.97 Å². The first-order valence-corrected chi connectivity index (χ1v) is 4.24. The molecule has 3 aromatic rings. The van der Waals surface area contributed by atoms with Crippen LogP contribution in [0.4, 0.5) is 0 Å². The highest BCUT2D eigenvalue weighted by Gasteiger charge is 2.06. The van der Waals surface area contributed by atoms with Crippen LogP contribution in [0.1, 0.15) is 0 Å². The Morgan fingerprint density at radius 3 is 3.21 bits per heavy atom. The second-order valence-electron chi connectivity index (χ2n) is 2.95. The molecule has 1 aromatic carbocycles. The molecule has 0 amide bonds. The van der Waals surface area contributed by atoms with E-state index in [2.05, 4.69) is 22.3 Å². The van der Waals surface area contributed by atoms with Gasteiger partial charge in [0.05, 0.1) is 17.4 Å². The summed E-state index contributed by atoms with van der Waals surface area (Å²) in [6.45, 7) is 0. The minimum absolute atomic E-state index is 0.774. The first kappa shape index (κ1) is 7.38. The van der Waals surface area contributed by atoms with E-state index in [1.165, 1.54) is 0 Å². The van der Waals surface area contributed by atoms with E-state index < -0.39 is 0 Å². The summed E-state index contributed by atoms with van der Waals surface area (Å²) in [4.78, 5) is 7.22. The third-order valence-corrected chi connectivity index (χ3v) is 2.12. The number of aromatic amines is 1. The van der Waals surface area contributed by atoms with Crippen molar-refractivity contribution in [1.82, 2.24) is 9.97 Å². The van der Waals surface area contributed by atoms with E-state index >= 15 is 0 Å². The van der Waals surface area contributed by atoms with Crippen molar-refractivity contribution in [3.05, 3.63) is 42.9 Å². The molecule has 0 saturated heterocycles. The Bertz CT molecular complexity index is 551. The monoisotopic (exact) mass is 182 g/mol. The van der Waals surface area contributed by atoms with Gasteiger partial charge in [0.15, 0.2) is 6.26 Å². The number of aromatic nitrogens is 2. The highest BCUT2D eigenvalue weighted by Crippen LogP contribution is 2.25. The van der Waals surface area contributed by atoms with Gasteiger partial charge < -0.3 is 9.40 Å². The number of hydrogen-bond donors (Lipinski definition) is 1. The van der Waals surface area contributed by atoms with Crippen molar-refractivity contribution in [2.45, 2.75) is 0 Å². The van der Waals surface area contributed by atoms with Crippen molar-refractivity contribution in [2.75, 3.05) is 0 Å². The topological polar surface area (TPSA) is 41.8 Å². The molecule has 0 unspecified atom stereocenters. The van der Waals surface area contributed by atoms with Gasteiger partial charge in [-0.25, -0.2) is 4.98 Å². The van der Waals surface area contributed by atoms with Crippen LogP contribution in [0.25, 0.3) is 22.4 Å². The summed E-state index contributed by atoms with van der Waals surface area (Å²) in [5.41, 5.74) is 2.81. The maximum absolute atomic E-state index is 5.20. The van der Waals surface area contributed by atoms with Gasteiger partial charge in [-0.05, 0) is 30.3 Å². The molecule has 2 radical (unpaired) electrons. The molecule has 3 nitrogen and oxygen atoms in total. The lowest BCUT2D eigenvalue weighted by molar-refractivity contribution is 0.573. The Balaban J connectivity index is 2.36. The maximum atomic E-state index is 5.20. The van der Waals surface area contributed by atoms with Gasteiger partial charge in [0.1, 0.15) is 5.76 Å². The molecule has 0 aliphatic carbocycles. The van der Waals surface area contributed by atoms with Gasteiger partial charge in [-0.2, -0.15) is 0 Å². The zero-order valence-corrected chi connectivity index (χ0v) is 7.24. The van der Waals surface area contributed by atoms with Crippen molar-refractivity contribution >= 4 is 11.0 Å². The van der Waals surface area contributed by atoms with E-state index in [-0.39, 0.29) is 0 Å². The Morgan fingerprint density at radius 1 is 1.36 bits per heavy atom. The molecule has 2 heterocycles. The fourth-order valence-corrected chi connectivity index (χ4v) is 1.49. The zero-order valence-electron chi connectivity index (χ0n) is 7.24. The number of imidazole rings is 1. The van der Waals surface area contributed by atoms with Crippen molar-refractivity contribution in [3.63, 3.8) is 0 Å². The minimum atomic E-state index is 0.774. The molecule has 0 spiro atoms. The number of hydrogen-bond acceptors (Lipinski definition) is 2. The van der Waals surface area contributed by atoms with E-state index in [4.69, 9.17) is 4.42 Å². The van der Waals surface area contributed by atoms with Gasteiger partial charge >= 0.3 is 0 Å². The Kier molecular flexibility index (Phi) is 1.44. The van der Waals surface area contributed by atoms with E-state index in [0.717, 1.165) is 22.4 Å². The number of nitrogens with zero attached hydrogens (tertiary/aromatic N) is 1. The summed E-state index contributed by atoms with van der Waals surface area (Å²) < 4.78 is 5.20. The normalized spacial score (nSPS) is 10.9. The molecule has 3 rings (SSSR count). The third-order valence-electron chi connectivity index (χ3n) is 2.12. The molecule has 0 fully saturated rings. The molecule has 3 heteroatoms. The minimum Gasteiger partial charge on any atom is -0.453 e. The number of fused-ring (bicyclic) bond motifs is 1.